The highest BCUT2D eigenvalue weighted by atomic mass is 16.3. The molecular weight excluding hydrogens is 739 g/mol. The molecular formula is C59H37NO. The van der Waals surface area contributed by atoms with Crippen LogP contribution in [0.25, 0.3) is 77.2 Å². The van der Waals surface area contributed by atoms with E-state index in [-0.39, 0.29) is 0 Å². The van der Waals surface area contributed by atoms with E-state index < -0.39 is 5.41 Å². The highest BCUT2D eigenvalue weighted by Crippen LogP contribution is 2.65. The van der Waals surface area contributed by atoms with Crippen molar-refractivity contribution in [2.75, 3.05) is 4.90 Å². The third-order valence-electron chi connectivity index (χ3n) is 13.3. The molecule has 2 heteroatoms. The molecule has 1 heterocycles. The van der Waals surface area contributed by atoms with Gasteiger partial charge in [-0.25, -0.2) is 0 Å². The fourth-order valence-electron chi connectivity index (χ4n) is 10.8. The maximum atomic E-state index is 6.72. The van der Waals surface area contributed by atoms with Crippen molar-refractivity contribution in [3.05, 3.63) is 247 Å². The highest BCUT2D eigenvalue weighted by Gasteiger charge is 2.52. The van der Waals surface area contributed by atoms with E-state index in [0.717, 1.165) is 50.1 Å². The first kappa shape index (κ1) is 34.0. The topological polar surface area (TPSA) is 16.4 Å². The molecule has 0 amide bonds. The number of benzene rings is 10. The summed E-state index contributed by atoms with van der Waals surface area (Å²) in [5.41, 5.74) is 19.6. The monoisotopic (exact) mass is 775 g/mol. The average molecular weight is 776 g/mol. The average Bonchev–Trinajstić information content (AvgIpc) is 3.97. The van der Waals surface area contributed by atoms with Crippen LogP contribution in [-0.2, 0) is 5.41 Å². The van der Waals surface area contributed by atoms with Crippen LogP contribution >= 0.6 is 0 Å². The summed E-state index contributed by atoms with van der Waals surface area (Å²) in [7, 11) is 0. The van der Waals surface area contributed by atoms with Crippen molar-refractivity contribution < 1.29 is 4.42 Å². The molecule has 61 heavy (non-hydrogen) atoms. The van der Waals surface area contributed by atoms with Crippen LogP contribution in [-0.4, -0.2) is 0 Å². The van der Waals surface area contributed by atoms with Gasteiger partial charge in [-0.2, -0.15) is 0 Å². The van der Waals surface area contributed by atoms with Crippen LogP contribution in [0.15, 0.2) is 229 Å². The van der Waals surface area contributed by atoms with E-state index in [1.807, 2.05) is 6.07 Å². The molecule has 0 saturated carbocycles. The van der Waals surface area contributed by atoms with Crippen LogP contribution in [0.4, 0.5) is 17.1 Å². The molecule has 1 spiro atoms. The fraction of sp³-hybridized carbons (Fsp3) is 0.0169. The molecule has 2 aliphatic carbocycles. The molecule has 0 bridgehead atoms. The molecule has 13 rings (SSSR count). The van der Waals surface area contributed by atoms with Crippen LogP contribution in [0.3, 0.4) is 0 Å². The van der Waals surface area contributed by atoms with Crippen molar-refractivity contribution >= 4 is 49.8 Å². The summed E-state index contributed by atoms with van der Waals surface area (Å²) in [4.78, 5) is 2.49. The van der Waals surface area contributed by atoms with Crippen molar-refractivity contribution in [2.45, 2.75) is 5.41 Å². The Morgan fingerprint density at radius 3 is 1.62 bits per heavy atom. The van der Waals surface area contributed by atoms with Gasteiger partial charge in [0.05, 0.1) is 16.8 Å². The van der Waals surface area contributed by atoms with Crippen LogP contribution in [0.1, 0.15) is 22.3 Å². The van der Waals surface area contributed by atoms with Crippen LogP contribution < -0.4 is 4.90 Å². The maximum Gasteiger partial charge on any atom is 0.143 e. The lowest BCUT2D eigenvalue weighted by molar-refractivity contribution is 0.670. The lowest BCUT2D eigenvalue weighted by atomic mass is 9.70. The van der Waals surface area contributed by atoms with Gasteiger partial charge in [-0.15, -0.1) is 0 Å². The molecule has 10 aromatic carbocycles. The highest BCUT2D eigenvalue weighted by molar-refractivity contribution is 6.11. The summed E-state index contributed by atoms with van der Waals surface area (Å²) < 4.78 is 6.72. The zero-order valence-corrected chi connectivity index (χ0v) is 33.2. The fourth-order valence-corrected chi connectivity index (χ4v) is 10.8. The summed E-state index contributed by atoms with van der Waals surface area (Å²) in [5, 5.41) is 4.72. The quantitative estimate of drug-likeness (QED) is 0.173. The number of rotatable bonds is 5. The minimum atomic E-state index is -0.460. The van der Waals surface area contributed by atoms with Crippen molar-refractivity contribution in [1.82, 2.24) is 0 Å². The van der Waals surface area contributed by atoms with E-state index in [4.69, 9.17) is 4.42 Å². The number of furan rings is 1. The minimum absolute atomic E-state index is 0.460. The lowest BCUT2D eigenvalue weighted by Gasteiger charge is -2.32. The van der Waals surface area contributed by atoms with Gasteiger partial charge in [0, 0.05) is 33.2 Å². The number of para-hydroxylation sites is 3. The zero-order chi connectivity index (χ0) is 40.1. The van der Waals surface area contributed by atoms with Gasteiger partial charge in [0.1, 0.15) is 11.2 Å². The second-order valence-electron chi connectivity index (χ2n) is 16.3. The van der Waals surface area contributed by atoms with Crippen LogP contribution in [0, 0.1) is 0 Å². The number of hydrogen-bond donors (Lipinski definition) is 0. The second-order valence-corrected chi connectivity index (χ2v) is 16.3. The van der Waals surface area contributed by atoms with Gasteiger partial charge in [0.2, 0.25) is 0 Å². The summed E-state index contributed by atoms with van der Waals surface area (Å²) in [5.74, 6) is 0. The standard InChI is InChI=1S/C59H37NO/c1-2-18-41-38(16-1)17-13-24-42(41)39-34-36-40(37-35-39)60(54-31-11-6-21-45(54)47-25-14-26-48-46-22-7-12-33-56(46)61-58(47)48)55-32-15-30-53-57(55)49-23-5-10-29-52(49)59(53)50-27-8-3-19-43(50)44-20-4-9-28-51(44)59/h1-37H. The Balaban J connectivity index is 1.09. The first-order valence-corrected chi connectivity index (χ1v) is 21.1. The predicted molar refractivity (Wildman–Crippen MR) is 253 cm³/mol. The summed E-state index contributed by atoms with van der Waals surface area (Å²) in [6, 6.07) is 82.2. The molecule has 0 radical (unpaired) electrons. The zero-order valence-electron chi connectivity index (χ0n) is 33.2. The maximum absolute atomic E-state index is 6.72. The van der Waals surface area contributed by atoms with Gasteiger partial charge in [0.15, 0.2) is 0 Å². The van der Waals surface area contributed by atoms with Gasteiger partial charge in [-0.1, -0.05) is 194 Å². The van der Waals surface area contributed by atoms with Crippen molar-refractivity contribution in [2.24, 2.45) is 0 Å². The molecule has 2 aliphatic rings. The number of fused-ring (bicyclic) bond motifs is 14. The van der Waals surface area contributed by atoms with E-state index in [9.17, 15) is 0 Å². The molecule has 0 unspecified atom stereocenters. The van der Waals surface area contributed by atoms with Gasteiger partial charge in [-0.3, -0.25) is 0 Å². The van der Waals surface area contributed by atoms with E-state index in [1.165, 1.54) is 66.4 Å². The van der Waals surface area contributed by atoms with E-state index >= 15 is 0 Å². The SMILES string of the molecule is c1ccc(N(c2ccc(-c3cccc4ccccc34)cc2)c2cccc3c2-c2ccccc2C32c3ccccc3-c3ccccc32)c(-c2cccc3c2oc2ccccc23)c1. The normalized spacial score (nSPS) is 13.0. The Bertz CT molecular complexity index is 3500. The van der Waals surface area contributed by atoms with Gasteiger partial charge in [-0.05, 0) is 91.2 Å². The van der Waals surface area contributed by atoms with E-state index in [1.54, 1.807) is 0 Å². The summed E-state index contributed by atoms with van der Waals surface area (Å²) >= 11 is 0. The Morgan fingerprint density at radius 1 is 0.328 bits per heavy atom. The molecule has 0 atom stereocenters. The number of anilines is 3. The predicted octanol–water partition coefficient (Wildman–Crippen LogP) is 15.9. The van der Waals surface area contributed by atoms with Gasteiger partial charge >= 0.3 is 0 Å². The molecule has 284 valence electrons. The molecule has 2 nitrogen and oxygen atoms in total. The Morgan fingerprint density at radius 2 is 0.836 bits per heavy atom. The molecule has 0 saturated heterocycles. The van der Waals surface area contributed by atoms with E-state index in [0.29, 0.717) is 0 Å². The Hall–Kier alpha value is -7.94. The van der Waals surface area contributed by atoms with Gasteiger partial charge < -0.3 is 9.32 Å². The Labute approximate surface area is 354 Å². The second kappa shape index (κ2) is 13.0. The Kier molecular flexibility index (Phi) is 7.26. The van der Waals surface area contributed by atoms with Crippen molar-refractivity contribution in [1.29, 1.82) is 0 Å². The number of nitrogens with zero attached hydrogens (tertiary/aromatic N) is 1. The van der Waals surface area contributed by atoms with Crippen molar-refractivity contribution in [3.63, 3.8) is 0 Å². The minimum Gasteiger partial charge on any atom is -0.455 e. The largest absolute Gasteiger partial charge is 0.455 e. The first-order chi connectivity index (χ1) is 30.3. The molecule has 0 aliphatic heterocycles. The molecule has 1 aromatic heterocycles. The third-order valence-corrected chi connectivity index (χ3v) is 13.3. The summed E-state index contributed by atoms with van der Waals surface area (Å²) in [6.07, 6.45) is 0. The lowest BCUT2D eigenvalue weighted by Crippen LogP contribution is -2.26. The van der Waals surface area contributed by atoms with E-state index in [2.05, 4.69) is 223 Å². The summed E-state index contributed by atoms with van der Waals surface area (Å²) in [6.45, 7) is 0. The van der Waals surface area contributed by atoms with Crippen molar-refractivity contribution in [3.8, 4) is 44.5 Å². The van der Waals surface area contributed by atoms with Crippen LogP contribution in [0.5, 0.6) is 0 Å². The number of hydrogen-bond acceptors (Lipinski definition) is 2. The molecule has 0 N–H and O–H groups in total. The smallest absolute Gasteiger partial charge is 0.143 e. The molecule has 11 aromatic rings. The first-order valence-electron chi connectivity index (χ1n) is 21.1. The van der Waals surface area contributed by atoms with Crippen LogP contribution in [0.2, 0.25) is 0 Å². The van der Waals surface area contributed by atoms with Gasteiger partial charge in [0.25, 0.3) is 0 Å². The third kappa shape index (κ3) is 4.73. The molecule has 0 fully saturated rings.